The summed E-state index contributed by atoms with van der Waals surface area (Å²) in [6.07, 6.45) is 3.57. The Bertz CT molecular complexity index is 436. The van der Waals surface area contributed by atoms with Gasteiger partial charge in [-0.1, -0.05) is 6.07 Å². The summed E-state index contributed by atoms with van der Waals surface area (Å²) in [6, 6.07) is 5.88. The topological polar surface area (TPSA) is 41.1 Å². The van der Waals surface area contributed by atoms with Crippen LogP contribution in [-0.2, 0) is 0 Å². The third-order valence-electron chi connectivity index (χ3n) is 4.07. The predicted molar refractivity (Wildman–Crippen MR) is 78.5 cm³/mol. The second-order valence-corrected chi connectivity index (χ2v) is 5.54. The van der Waals surface area contributed by atoms with Gasteiger partial charge in [0.05, 0.1) is 0 Å². The summed E-state index contributed by atoms with van der Waals surface area (Å²) in [6.45, 7) is 7.14. The smallest absolute Gasteiger partial charge is 0.251 e. The number of hydrogen-bond donors (Lipinski definition) is 2. The van der Waals surface area contributed by atoms with Gasteiger partial charge in [0.25, 0.3) is 5.91 Å². The van der Waals surface area contributed by atoms with Crippen molar-refractivity contribution in [3.8, 4) is 0 Å². The van der Waals surface area contributed by atoms with Gasteiger partial charge in [-0.25, -0.2) is 0 Å². The number of nitrogens with one attached hydrogen (secondary N) is 2. The van der Waals surface area contributed by atoms with Crippen molar-refractivity contribution >= 4 is 5.91 Å². The van der Waals surface area contributed by atoms with Crippen LogP contribution in [0.15, 0.2) is 18.2 Å². The standard InChI is InChI=1S/C16H24N2O/c1-12-3-4-15(11-13(12)2)16(19)18-10-7-14-5-8-17-9-6-14/h3-4,11,14,17H,5-10H2,1-2H3,(H,18,19). The minimum absolute atomic E-state index is 0.0528. The van der Waals surface area contributed by atoms with Crippen molar-refractivity contribution in [3.05, 3.63) is 34.9 Å². The van der Waals surface area contributed by atoms with Crippen LogP contribution in [0.4, 0.5) is 0 Å². The molecule has 1 saturated heterocycles. The Kier molecular flexibility index (Phi) is 4.97. The van der Waals surface area contributed by atoms with Crippen molar-refractivity contribution < 1.29 is 4.79 Å². The van der Waals surface area contributed by atoms with Gasteiger partial charge in [-0.3, -0.25) is 4.79 Å². The molecule has 0 atom stereocenters. The van der Waals surface area contributed by atoms with Crippen molar-refractivity contribution in [1.82, 2.24) is 10.6 Å². The average molecular weight is 260 g/mol. The summed E-state index contributed by atoms with van der Waals surface area (Å²) < 4.78 is 0. The Hall–Kier alpha value is -1.35. The quantitative estimate of drug-likeness (QED) is 0.873. The lowest BCUT2D eigenvalue weighted by Gasteiger charge is -2.22. The molecule has 1 fully saturated rings. The Morgan fingerprint density at radius 1 is 1.26 bits per heavy atom. The van der Waals surface area contributed by atoms with Gasteiger partial charge in [-0.05, 0) is 75.4 Å². The molecule has 1 aromatic rings. The number of carbonyl (C=O) groups is 1. The van der Waals surface area contributed by atoms with E-state index in [1.807, 2.05) is 25.1 Å². The van der Waals surface area contributed by atoms with Gasteiger partial charge in [0.1, 0.15) is 0 Å². The molecular weight excluding hydrogens is 236 g/mol. The first-order valence-corrected chi connectivity index (χ1v) is 7.23. The number of amides is 1. The maximum Gasteiger partial charge on any atom is 0.251 e. The number of rotatable bonds is 4. The predicted octanol–water partition coefficient (Wildman–Crippen LogP) is 2.42. The van der Waals surface area contributed by atoms with Gasteiger partial charge < -0.3 is 10.6 Å². The normalized spacial score (nSPS) is 16.3. The van der Waals surface area contributed by atoms with Crippen molar-refractivity contribution in [3.63, 3.8) is 0 Å². The molecule has 1 aromatic carbocycles. The first-order valence-electron chi connectivity index (χ1n) is 7.23. The number of benzene rings is 1. The summed E-state index contributed by atoms with van der Waals surface area (Å²) in [4.78, 5) is 12.0. The van der Waals surface area contributed by atoms with E-state index in [-0.39, 0.29) is 5.91 Å². The zero-order valence-corrected chi connectivity index (χ0v) is 12.0. The highest BCUT2D eigenvalue weighted by atomic mass is 16.1. The van der Waals surface area contributed by atoms with Gasteiger partial charge in [-0.2, -0.15) is 0 Å². The van der Waals surface area contributed by atoms with Crippen molar-refractivity contribution in [2.24, 2.45) is 5.92 Å². The third-order valence-corrected chi connectivity index (χ3v) is 4.07. The van der Waals surface area contributed by atoms with Crippen LogP contribution in [0.2, 0.25) is 0 Å². The molecule has 0 radical (unpaired) electrons. The monoisotopic (exact) mass is 260 g/mol. The van der Waals surface area contributed by atoms with Gasteiger partial charge in [0.2, 0.25) is 0 Å². The van der Waals surface area contributed by atoms with E-state index in [4.69, 9.17) is 0 Å². The summed E-state index contributed by atoms with van der Waals surface area (Å²) in [5.74, 6) is 0.818. The molecule has 19 heavy (non-hydrogen) atoms. The summed E-state index contributed by atoms with van der Waals surface area (Å²) >= 11 is 0. The van der Waals surface area contributed by atoms with Crippen molar-refractivity contribution in [1.29, 1.82) is 0 Å². The fraction of sp³-hybridized carbons (Fsp3) is 0.562. The van der Waals surface area contributed by atoms with Gasteiger partial charge in [-0.15, -0.1) is 0 Å². The fourth-order valence-corrected chi connectivity index (χ4v) is 2.54. The highest BCUT2D eigenvalue weighted by Gasteiger charge is 2.13. The zero-order chi connectivity index (χ0) is 13.7. The van der Waals surface area contributed by atoms with Gasteiger partial charge >= 0.3 is 0 Å². The molecule has 3 heteroatoms. The van der Waals surface area contributed by atoms with E-state index in [0.717, 1.165) is 37.5 Å². The lowest BCUT2D eigenvalue weighted by molar-refractivity contribution is 0.0950. The van der Waals surface area contributed by atoms with Crippen LogP contribution in [-0.4, -0.2) is 25.5 Å². The van der Waals surface area contributed by atoms with Crippen molar-refractivity contribution in [2.45, 2.75) is 33.1 Å². The minimum atomic E-state index is 0.0528. The molecule has 1 heterocycles. The highest BCUT2D eigenvalue weighted by Crippen LogP contribution is 2.15. The molecule has 1 aliphatic rings. The molecule has 104 valence electrons. The molecule has 0 saturated carbocycles. The van der Waals surface area contributed by atoms with Gasteiger partial charge in [0.15, 0.2) is 0 Å². The fourth-order valence-electron chi connectivity index (χ4n) is 2.54. The maximum atomic E-state index is 12.0. The maximum absolute atomic E-state index is 12.0. The molecule has 0 aromatic heterocycles. The second-order valence-electron chi connectivity index (χ2n) is 5.54. The van der Waals surface area contributed by atoms with Crippen LogP contribution in [0.3, 0.4) is 0 Å². The zero-order valence-electron chi connectivity index (χ0n) is 12.0. The number of hydrogen-bond acceptors (Lipinski definition) is 2. The molecule has 0 spiro atoms. The Morgan fingerprint density at radius 2 is 2.00 bits per heavy atom. The molecule has 2 rings (SSSR count). The van der Waals surface area contributed by atoms with E-state index in [9.17, 15) is 4.79 Å². The van der Waals surface area contributed by atoms with Crippen LogP contribution in [0.5, 0.6) is 0 Å². The molecule has 0 bridgehead atoms. The van der Waals surface area contributed by atoms with E-state index in [0.29, 0.717) is 0 Å². The second kappa shape index (κ2) is 6.71. The molecule has 0 unspecified atom stereocenters. The SMILES string of the molecule is Cc1ccc(C(=O)NCCC2CCNCC2)cc1C. The Morgan fingerprint density at radius 3 is 2.68 bits per heavy atom. The molecular formula is C16H24N2O. The van der Waals surface area contributed by atoms with E-state index >= 15 is 0 Å². The van der Waals surface area contributed by atoms with Crippen LogP contribution in [0.25, 0.3) is 0 Å². The molecule has 2 N–H and O–H groups in total. The minimum Gasteiger partial charge on any atom is -0.352 e. The van der Waals surface area contributed by atoms with Crippen LogP contribution >= 0.6 is 0 Å². The first-order chi connectivity index (χ1) is 9.16. The summed E-state index contributed by atoms with van der Waals surface area (Å²) in [5, 5.41) is 6.40. The highest BCUT2D eigenvalue weighted by molar-refractivity contribution is 5.94. The van der Waals surface area contributed by atoms with E-state index in [1.165, 1.54) is 24.0 Å². The van der Waals surface area contributed by atoms with Crippen LogP contribution in [0, 0.1) is 19.8 Å². The van der Waals surface area contributed by atoms with E-state index < -0.39 is 0 Å². The number of carbonyl (C=O) groups excluding carboxylic acids is 1. The first kappa shape index (κ1) is 14.1. The molecule has 0 aliphatic carbocycles. The van der Waals surface area contributed by atoms with E-state index in [1.54, 1.807) is 0 Å². The van der Waals surface area contributed by atoms with Crippen molar-refractivity contribution in [2.75, 3.05) is 19.6 Å². The van der Waals surface area contributed by atoms with Crippen LogP contribution < -0.4 is 10.6 Å². The number of piperidine rings is 1. The third kappa shape index (κ3) is 4.06. The number of aryl methyl sites for hydroxylation is 2. The summed E-state index contributed by atoms with van der Waals surface area (Å²) in [7, 11) is 0. The van der Waals surface area contributed by atoms with Crippen LogP contribution in [0.1, 0.15) is 40.7 Å². The molecule has 1 aliphatic heterocycles. The Labute approximate surface area is 115 Å². The lowest BCUT2D eigenvalue weighted by Crippen LogP contribution is -2.31. The molecule has 1 amide bonds. The average Bonchev–Trinajstić information content (AvgIpc) is 2.43. The molecule has 3 nitrogen and oxygen atoms in total. The summed E-state index contributed by atoms with van der Waals surface area (Å²) in [5.41, 5.74) is 3.17. The lowest BCUT2D eigenvalue weighted by atomic mass is 9.95. The Balaban J connectivity index is 1.78. The van der Waals surface area contributed by atoms with E-state index in [2.05, 4.69) is 17.6 Å². The van der Waals surface area contributed by atoms with Gasteiger partial charge in [0, 0.05) is 12.1 Å². The largest absolute Gasteiger partial charge is 0.352 e.